The number of rotatable bonds is 6. The van der Waals surface area contributed by atoms with E-state index in [9.17, 15) is 14.4 Å². The molecule has 0 radical (unpaired) electrons. The number of hydrogen-bond acceptors (Lipinski definition) is 7. The van der Waals surface area contributed by atoms with Gasteiger partial charge in [-0.2, -0.15) is 0 Å². The Bertz CT molecular complexity index is 1390. The molecule has 3 aromatic rings. The van der Waals surface area contributed by atoms with E-state index >= 15 is 0 Å². The van der Waals surface area contributed by atoms with E-state index in [-0.39, 0.29) is 12.5 Å². The standard InChI is InChI=1S/C27H26N6O4/c1-37-21-9-6-18-15-33(23(34)22(18)12-21)16-27(24(35)30-26(36)31-27)20-7-4-17(5-8-20)19-13-28-25(29-14-19)32-10-2-3-11-32/h4-9,12-14H,2-3,10-11,15-16H2,1H3,(H2,30,31,35,36). The summed E-state index contributed by atoms with van der Waals surface area (Å²) < 4.78 is 5.25. The summed E-state index contributed by atoms with van der Waals surface area (Å²) in [4.78, 5) is 51.3. The predicted molar refractivity (Wildman–Crippen MR) is 135 cm³/mol. The molecular formula is C27H26N6O4. The Hall–Kier alpha value is -4.47. The number of fused-ring (bicyclic) bond motifs is 1. The van der Waals surface area contributed by atoms with Gasteiger partial charge in [0.05, 0.1) is 13.7 Å². The quantitative estimate of drug-likeness (QED) is 0.502. The summed E-state index contributed by atoms with van der Waals surface area (Å²) in [5.41, 5.74) is 2.28. The third-order valence-electron chi connectivity index (χ3n) is 7.30. The van der Waals surface area contributed by atoms with Gasteiger partial charge in [0.25, 0.3) is 11.8 Å². The van der Waals surface area contributed by atoms with Gasteiger partial charge in [-0.3, -0.25) is 14.9 Å². The number of amides is 4. The van der Waals surface area contributed by atoms with E-state index in [1.165, 1.54) is 0 Å². The lowest BCUT2D eigenvalue weighted by Crippen LogP contribution is -2.52. The van der Waals surface area contributed by atoms with Crippen LogP contribution in [0.4, 0.5) is 10.7 Å². The third-order valence-corrected chi connectivity index (χ3v) is 7.30. The van der Waals surface area contributed by atoms with Crippen molar-refractivity contribution < 1.29 is 19.1 Å². The molecule has 10 heteroatoms. The van der Waals surface area contributed by atoms with Crippen molar-refractivity contribution in [1.82, 2.24) is 25.5 Å². The van der Waals surface area contributed by atoms with Gasteiger partial charge in [0, 0.05) is 43.2 Å². The van der Waals surface area contributed by atoms with E-state index in [1.54, 1.807) is 48.7 Å². The number of methoxy groups -OCH3 is 1. The maximum absolute atomic E-state index is 13.2. The lowest BCUT2D eigenvalue weighted by molar-refractivity contribution is -0.124. The van der Waals surface area contributed by atoms with Crippen LogP contribution in [-0.4, -0.2) is 59.5 Å². The van der Waals surface area contributed by atoms with E-state index in [2.05, 4.69) is 25.5 Å². The average molecular weight is 499 g/mol. The number of nitrogens with one attached hydrogen (secondary N) is 2. The zero-order chi connectivity index (χ0) is 25.6. The van der Waals surface area contributed by atoms with Gasteiger partial charge in [-0.05, 0) is 41.7 Å². The fourth-order valence-corrected chi connectivity index (χ4v) is 5.28. The van der Waals surface area contributed by atoms with E-state index in [0.29, 0.717) is 23.4 Å². The van der Waals surface area contributed by atoms with Crippen LogP contribution in [0.5, 0.6) is 5.75 Å². The molecule has 4 amide bonds. The number of aromatic nitrogens is 2. The summed E-state index contributed by atoms with van der Waals surface area (Å²) >= 11 is 0. The molecule has 0 bridgehead atoms. The molecule has 0 saturated carbocycles. The number of ether oxygens (including phenoxy) is 1. The normalized spacial score (nSPS) is 20.7. The Morgan fingerprint density at radius 2 is 1.70 bits per heavy atom. The Labute approximate surface area is 213 Å². The van der Waals surface area contributed by atoms with Crippen LogP contribution in [0.15, 0.2) is 54.9 Å². The van der Waals surface area contributed by atoms with Crippen molar-refractivity contribution >= 4 is 23.8 Å². The number of nitrogens with zero attached hydrogens (tertiary/aromatic N) is 4. The molecule has 4 heterocycles. The fourth-order valence-electron chi connectivity index (χ4n) is 5.28. The molecule has 10 nitrogen and oxygen atoms in total. The first-order valence-electron chi connectivity index (χ1n) is 12.2. The smallest absolute Gasteiger partial charge is 0.322 e. The van der Waals surface area contributed by atoms with Crippen LogP contribution >= 0.6 is 0 Å². The molecule has 37 heavy (non-hydrogen) atoms. The van der Waals surface area contributed by atoms with Gasteiger partial charge < -0.3 is 19.9 Å². The molecule has 1 unspecified atom stereocenters. The molecule has 6 rings (SSSR count). The van der Waals surface area contributed by atoms with Crippen molar-refractivity contribution in [2.75, 3.05) is 31.6 Å². The number of hydrogen-bond donors (Lipinski definition) is 2. The van der Waals surface area contributed by atoms with Crippen molar-refractivity contribution in [3.8, 4) is 16.9 Å². The molecule has 1 aromatic heterocycles. The lowest BCUT2D eigenvalue weighted by Gasteiger charge is -2.31. The minimum atomic E-state index is -1.41. The highest BCUT2D eigenvalue weighted by molar-refractivity contribution is 6.08. The first-order chi connectivity index (χ1) is 18.0. The van der Waals surface area contributed by atoms with Crippen molar-refractivity contribution in [3.63, 3.8) is 0 Å². The second-order valence-corrected chi connectivity index (χ2v) is 9.54. The number of carbonyl (C=O) groups is 3. The Kier molecular flexibility index (Phi) is 5.51. The highest BCUT2D eigenvalue weighted by Crippen LogP contribution is 2.33. The number of benzene rings is 2. The summed E-state index contributed by atoms with van der Waals surface area (Å²) in [6.07, 6.45) is 5.90. The van der Waals surface area contributed by atoms with Crippen molar-refractivity contribution in [1.29, 1.82) is 0 Å². The summed E-state index contributed by atoms with van der Waals surface area (Å²) in [5.74, 6) is 0.610. The molecule has 2 saturated heterocycles. The Morgan fingerprint density at radius 3 is 2.35 bits per heavy atom. The van der Waals surface area contributed by atoms with Crippen molar-refractivity contribution in [2.45, 2.75) is 24.9 Å². The second kappa shape index (κ2) is 8.88. The van der Waals surface area contributed by atoms with Gasteiger partial charge in [-0.15, -0.1) is 0 Å². The number of urea groups is 1. The molecule has 3 aliphatic heterocycles. The van der Waals surface area contributed by atoms with Crippen LogP contribution in [0.2, 0.25) is 0 Å². The first kappa shape index (κ1) is 23.0. The van der Waals surface area contributed by atoms with Gasteiger partial charge in [0.15, 0.2) is 5.54 Å². The lowest BCUT2D eigenvalue weighted by atomic mass is 9.88. The number of imide groups is 1. The Balaban J connectivity index is 1.27. The van der Waals surface area contributed by atoms with Crippen molar-refractivity contribution in [2.24, 2.45) is 0 Å². The minimum absolute atomic E-state index is 0.00656. The highest BCUT2D eigenvalue weighted by atomic mass is 16.5. The van der Waals surface area contributed by atoms with Gasteiger partial charge in [0.2, 0.25) is 5.95 Å². The molecule has 2 aromatic carbocycles. The molecular weight excluding hydrogens is 472 g/mol. The molecule has 0 spiro atoms. The summed E-state index contributed by atoms with van der Waals surface area (Å²) in [7, 11) is 1.55. The van der Waals surface area contributed by atoms with Crippen LogP contribution in [0.1, 0.15) is 34.3 Å². The maximum atomic E-state index is 13.2. The molecule has 2 N–H and O–H groups in total. The molecule has 1 atom stereocenters. The van der Waals surface area contributed by atoms with E-state index in [1.807, 2.05) is 18.2 Å². The van der Waals surface area contributed by atoms with E-state index < -0.39 is 17.5 Å². The van der Waals surface area contributed by atoms with Crippen LogP contribution in [0.25, 0.3) is 11.1 Å². The van der Waals surface area contributed by atoms with Gasteiger partial charge in [-0.25, -0.2) is 14.8 Å². The third kappa shape index (κ3) is 3.94. The van der Waals surface area contributed by atoms with Crippen LogP contribution in [0, 0.1) is 0 Å². The molecule has 188 valence electrons. The average Bonchev–Trinajstić information content (AvgIpc) is 3.63. The summed E-state index contributed by atoms with van der Waals surface area (Å²) in [6, 6.07) is 12.1. The van der Waals surface area contributed by atoms with Gasteiger partial charge >= 0.3 is 6.03 Å². The Morgan fingerprint density at radius 1 is 0.973 bits per heavy atom. The first-order valence-corrected chi connectivity index (χ1v) is 12.2. The van der Waals surface area contributed by atoms with Gasteiger partial charge in [-0.1, -0.05) is 30.3 Å². The number of carbonyl (C=O) groups excluding carboxylic acids is 3. The SMILES string of the molecule is COc1ccc2c(c1)C(=O)N(CC1(c3ccc(-c4cnc(N5CCCC5)nc4)cc3)NC(=O)NC1=O)C2. The molecule has 3 aliphatic rings. The monoisotopic (exact) mass is 498 g/mol. The molecule has 0 aliphatic carbocycles. The zero-order valence-corrected chi connectivity index (χ0v) is 20.4. The van der Waals surface area contributed by atoms with Crippen molar-refractivity contribution in [3.05, 3.63) is 71.5 Å². The minimum Gasteiger partial charge on any atom is -0.497 e. The van der Waals surface area contributed by atoms with E-state index in [4.69, 9.17) is 4.74 Å². The van der Waals surface area contributed by atoms with Crippen LogP contribution in [-0.2, 0) is 16.9 Å². The van der Waals surface area contributed by atoms with Crippen LogP contribution < -0.4 is 20.3 Å². The van der Waals surface area contributed by atoms with Gasteiger partial charge in [0.1, 0.15) is 5.75 Å². The number of anilines is 1. The topological polar surface area (TPSA) is 117 Å². The highest BCUT2D eigenvalue weighted by Gasteiger charge is 2.50. The zero-order valence-electron chi connectivity index (χ0n) is 20.4. The maximum Gasteiger partial charge on any atom is 0.322 e. The van der Waals surface area contributed by atoms with E-state index in [0.717, 1.165) is 48.6 Å². The fraction of sp³-hybridized carbons (Fsp3) is 0.296. The largest absolute Gasteiger partial charge is 0.497 e. The summed E-state index contributed by atoms with van der Waals surface area (Å²) in [6.45, 7) is 2.28. The summed E-state index contributed by atoms with van der Waals surface area (Å²) in [5, 5.41) is 5.12. The molecule has 2 fully saturated rings. The van der Waals surface area contributed by atoms with Crippen LogP contribution in [0.3, 0.4) is 0 Å². The second-order valence-electron chi connectivity index (χ2n) is 9.54. The predicted octanol–water partition coefficient (Wildman–Crippen LogP) is 2.44.